The van der Waals surface area contributed by atoms with Crippen molar-refractivity contribution in [3.63, 3.8) is 0 Å². The number of amides is 1. The number of nitrogens with zero attached hydrogens (tertiary/aromatic N) is 1. The van der Waals surface area contributed by atoms with E-state index in [0.29, 0.717) is 0 Å². The molecule has 1 rings (SSSR count). The molecule has 1 fully saturated rings. The van der Waals surface area contributed by atoms with Gasteiger partial charge in [0.25, 0.3) is 0 Å². The zero-order valence-electron chi connectivity index (χ0n) is 9.16. The van der Waals surface area contributed by atoms with Crippen LogP contribution in [0.25, 0.3) is 0 Å². The van der Waals surface area contributed by atoms with Crippen molar-refractivity contribution >= 4 is 22.3 Å². The van der Waals surface area contributed by atoms with Crippen LogP contribution in [0.4, 0.5) is 0 Å². The van der Waals surface area contributed by atoms with E-state index in [1.165, 1.54) is 12.0 Å². The van der Waals surface area contributed by atoms with E-state index in [4.69, 9.17) is 4.55 Å². The highest BCUT2D eigenvalue weighted by Crippen LogP contribution is 2.18. The van der Waals surface area contributed by atoms with Crippen molar-refractivity contribution < 1.29 is 31.5 Å². The SMILES string of the molecule is COC(=O)C1CC(=O)N(CCOS(=O)(=O)O)C1. The van der Waals surface area contributed by atoms with Crippen LogP contribution >= 0.6 is 0 Å². The van der Waals surface area contributed by atoms with Gasteiger partial charge in [-0.05, 0) is 0 Å². The molecule has 0 bridgehead atoms. The Balaban J connectivity index is 2.41. The summed E-state index contributed by atoms with van der Waals surface area (Å²) in [5, 5.41) is 0. The van der Waals surface area contributed by atoms with Crippen molar-refractivity contribution in [1.29, 1.82) is 0 Å². The molecule has 0 aromatic heterocycles. The van der Waals surface area contributed by atoms with Crippen LogP contribution in [0.15, 0.2) is 0 Å². The summed E-state index contributed by atoms with van der Waals surface area (Å²) in [5.74, 6) is -1.28. The molecule has 1 N–H and O–H groups in total. The number of likely N-dealkylation sites (tertiary alicyclic amines) is 1. The maximum Gasteiger partial charge on any atom is 0.397 e. The third-order valence-corrected chi connectivity index (χ3v) is 2.81. The molecule has 0 saturated carbocycles. The van der Waals surface area contributed by atoms with Gasteiger partial charge in [0.2, 0.25) is 5.91 Å². The number of esters is 1. The lowest BCUT2D eigenvalue weighted by Gasteiger charge is -2.15. The largest absolute Gasteiger partial charge is 0.469 e. The summed E-state index contributed by atoms with van der Waals surface area (Å²) in [6.07, 6.45) is 0.0402. The summed E-state index contributed by atoms with van der Waals surface area (Å²) in [6.45, 7) is -0.190. The van der Waals surface area contributed by atoms with Crippen molar-refractivity contribution in [2.75, 3.05) is 26.8 Å². The van der Waals surface area contributed by atoms with Crippen LogP contribution in [0.2, 0.25) is 0 Å². The quantitative estimate of drug-likeness (QED) is 0.493. The van der Waals surface area contributed by atoms with E-state index < -0.39 is 22.3 Å². The fraction of sp³-hybridized carbons (Fsp3) is 0.750. The second kappa shape index (κ2) is 5.43. The lowest BCUT2D eigenvalue weighted by atomic mass is 10.1. The van der Waals surface area contributed by atoms with Crippen LogP contribution in [0.1, 0.15) is 6.42 Å². The monoisotopic (exact) mass is 267 g/mol. The zero-order valence-corrected chi connectivity index (χ0v) is 9.97. The Bertz CT molecular complexity index is 404. The van der Waals surface area contributed by atoms with E-state index in [1.54, 1.807) is 0 Å². The number of carbonyl (C=O) groups is 2. The summed E-state index contributed by atoms with van der Waals surface area (Å²) in [7, 11) is -3.26. The second-order valence-electron chi connectivity index (χ2n) is 3.51. The fourth-order valence-electron chi connectivity index (χ4n) is 1.57. The van der Waals surface area contributed by atoms with E-state index in [1.807, 2.05) is 0 Å². The highest BCUT2D eigenvalue weighted by molar-refractivity contribution is 7.80. The molecular weight excluding hydrogens is 254 g/mol. The van der Waals surface area contributed by atoms with Gasteiger partial charge >= 0.3 is 16.4 Å². The molecule has 0 radical (unpaired) electrons. The van der Waals surface area contributed by atoms with E-state index in [-0.39, 0.29) is 32.0 Å². The Kier molecular flexibility index (Phi) is 4.43. The molecule has 0 aliphatic carbocycles. The molecule has 17 heavy (non-hydrogen) atoms. The standard InChI is InChI=1S/C8H13NO7S/c1-15-8(11)6-4-7(10)9(5-6)2-3-16-17(12,13)14/h6H,2-5H2,1H3,(H,12,13,14). The molecule has 0 aromatic carbocycles. The smallest absolute Gasteiger partial charge is 0.397 e. The lowest BCUT2D eigenvalue weighted by molar-refractivity contribution is -0.145. The number of hydrogen-bond donors (Lipinski definition) is 1. The number of methoxy groups -OCH3 is 1. The van der Waals surface area contributed by atoms with Gasteiger partial charge < -0.3 is 9.64 Å². The molecule has 1 atom stereocenters. The first kappa shape index (κ1) is 13.9. The van der Waals surface area contributed by atoms with Gasteiger partial charge in [-0.25, -0.2) is 4.18 Å². The molecule has 1 aliphatic rings. The number of hydrogen-bond acceptors (Lipinski definition) is 6. The summed E-state index contributed by atoms with van der Waals surface area (Å²) < 4.78 is 37.4. The Morgan fingerprint density at radius 3 is 2.76 bits per heavy atom. The molecule has 0 spiro atoms. The van der Waals surface area contributed by atoms with Gasteiger partial charge in [0.15, 0.2) is 0 Å². The Morgan fingerprint density at radius 1 is 1.59 bits per heavy atom. The molecule has 0 aromatic rings. The summed E-state index contributed by atoms with van der Waals surface area (Å²) in [4.78, 5) is 23.9. The van der Waals surface area contributed by atoms with Gasteiger partial charge in [0.1, 0.15) is 0 Å². The first-order valence-electron chi connectivity index (χ1n) is 4.81. The van der Waals surface area contributed by atoms with Gasteiger partial charge in [-0.1, -0.05) is 0 Å². The van der Waals surface area contributed by atoms with Gasteiger partial charge in [-0.2, -0.15) is 8.42 Å². The van der Waals surface area contributed by atoms with Crippen molar-refractivity contribution in [2.45, 2.75) is 6.42 Å². The third-order valence-electron chi connectivity index (χ3n) is 2.34. The van der Waals surface area contributed by atoms with E-state index in [9.17, 15) is 18.0 Å². The molecule has 1 saturated heterocycles. The van der Waals surface area contributed by atoms with Crippen molar-refractivity contribution in [2.24, 2.45) is 5.92 Å². The minimum absolute atomic E-state index is 0.00782. The molecule has 1 amide bonds. The molecule has 98 valence electrons. The molecule has 8 nitrogen and oxygen atoms in total. The van der Waals surface area contributed by atoms with Crippen LogP contribution in [0.5, 0.6) is 0 Å². The number of ether oxygens (including phenoxy) is 1. The van der Waals surface area contributed by atoms with Crippen molar-refractivity contribution in [3.05, 3.63) is 0 Å². The Morgan fingerprint density at radius 2 is 2.24 bits per heavy atom. The normalized spacial score (nSPS) is 20.7. The fourth-order valence-corrected chi connectivity index (χ4v) is 1.85. The summed E-state index contributed by atoms with van der Waals surface area (Å²) >= 11 is 0. The van der Waals surface area contributed by atoms with E-state index >= 15 is 0 Å². The predicted octanol–water partition coefficient (Wildman–Crippen LogP) is -1.17. The highest BCUT2D eigenvalue weighted by atomic mass is 32.3. The minimum atomic E-state index is -4.50. The highest BCUT2D eigenvalue weighted by Gasteiger charge is 2.34. The first-order chi connectivity index (χ1) is 7.83. The molecular formula is C8H13NO7S. The maximum atomic E-state index is 11.4. The topological polar surface area (TPSA) is 110 Å². The zero-order chi connectivity index (χ0) is 13.1. The van der Waals surface area contributed by atoms with Crippen LogP contribution in [0.3, 0.4) is 0 Å². The van der Waals surface area contributed by atoms with Crippen LogP contribution in [0, 0.1) is 5.92 Å². The van der Waals surface area contributed by atoms with Crippen LogP contribution in [-0.4, -0.2) is 56.6 Å². The molecule has 1 heterocycles. The van der Waals surface area contributed by atoms with E-state index in [2.05, 4.69) is 8.92 Å². The predicted molar refractivity (Wildman–Crippen MR) is 54.2 cm³/mol. The summed E-state index contributed by atoms with van der Waals surface area (Å²) in [5.41, 5.74) is 0. The van der Waals surface area contributed by atoms with Gasteiger partial charge in [-0.3, -0.25) is 14.1 Å². The van der Waals surface area contributed by atoms with Crippen molar-refractivity contribution in [1.82, 2.24) is 4.90 Å². The lowest BCUT2D eigenvalue weighted by Crippen LogP contribution is -2.30. The maximum absolute atomic E-state index is 11.4. The van der Waals surface area contributed by atoms with Crippen molar-refractivity contribution in [3.8, 4) is 0 Å². The number of rotatable bonds is 5. The Hall–Kier alpha value is -1.19. The number of carbonyl (C=O) groups excluding carboxylic acids is 2. The average molecular weight is 267 g/mol. The summed E-state index contributed by atoms with van der Waals surface area (Å²) in [6, 6.07) is 0. The Labute approximate surface area is 98.4 Å². The first-order valence-corrected chi connectivity index (χ1v) is 6.17. The minimum Gasteiger partial charge on any atom is -0.469 e. The van der Waals surface area contributed by atoms with Gasteiger partial charge in [-0.15, -0.1) is 0 Å². The average Bonchev–Trinajstić information content (AvgIpc) is 2.57. The third kappa shape index (κ3) is 4.29. The van der Waals surface area contributed by atoms with Gasteiger partial charge in [0.05, 0.1) is 19.6 Å². The molecule has 1 aliphatic heterocycles. The van der Waals surface area contributed by atoms with E-state index in [0.717, 1.165) is 0 Å². The van der Waals surface area contributed by atoms with Gasteiger partial charge in [0, 0.05) is 19.5 Å². The molecule has 1 unspecified atom stereocenters. The van der Waals surface area contributed by atoms with Crippen LogP contribution in [-0.2, 0) is 28.9 Å². The second-order valence-corrected chi connectivity index (χ2v) is 4.60. The van der Waals surface area contributed by atoms with Crippen LogP contribution < -0.4 is 0 Å². The molecule has 9 heteroatoms.